The zero-order valence-electron chi connectivity index (χ0n) is 7.55. The second-order valence-electron chi connectivity index (χ2n) is 2.91. The van der Waals surface area contributed by atoms with Gasteiger partial charge in [-0.2, -0.15) is 0 Å². The van der Waals surface area contributed by atoms with Crippen LogP contribution in [0.15, 0.2) is 22.7 Å². The lowest BCUT2D eigenvalue weighted by Gasteiger charge is -2.01. The van der Waals surface area contributed by atoms with Gasteiger partial charge in [-0.3, -0.25) is 20.2 Å². The van der Waals surface area contributed by atoms with Crippen molar-refractivity contribution < 1.29 is 9.85 Å². The molecule has 0 aliphatic rings. The van der Waals surface area contributed by atoms with Gasteiger partial charge < -0.3 is 0 Å². The Kier molecular flexibility index (Phi) is 3.73. The maximum atomic E-state index is 10.3. The van der Waals surface area contributed by atoms with Gasteiger partial charge in [0.15, 0.2) is 0 Å². The predicted octanol–water partition coefficient (Wildman–Crippen LogP) is 2.00. The fraction of sp³-hybridized carbons (Fsp3) is 0.250. The summed E-state index contributed by atoms with van der Waals surface area (Å²) in [5.74, 6) is 0. The first kappa shape index (κ1) is 11.6. The van der Waals surface area contributed by atoms with Crippen LogP contribution in [0.25, 0.3) is 0 Å². The number of benzene rings is 1. The summed E-state index contributed by atoms with van der Waals surface area (Å²) >= 11 is 3.14. The zero-order valence-corrected chi connectivity index (χ0v) is 9.14. The first-order valence-electron chi connectivity index (χ1n) is 4.00. The van der Waals surface area contributed by atoms with Crippen molar-refractivity contribution in [3.63, 3.8) is 0 Å². The molecule has 0 heterocycles. The van der Waals surface area contributed by atoms with Crippen LogP contribution in [0.2, 0.25) is 0 Å². The molecule has 80 valence electrons. The minimum atomic E-state index is -0.451. The van der Waals surface area contributed by atoms with Crippen LogP contribution in [0.5, 0.6) is 0 Å². The summed E-state index contributed by atoms with van der Waals surface area (Å²) in [4.78, 5) is 19.6. The Bertz CT molecular complexity index is 408. The van der Waals surface area contributed by atoms with Crippen LogP contribution in [0.4, 0.5) is 0 Å². The molecule has 0 fully saturated rings. The van der Waals surface area contributed by atoms with Crippen LogP contribution >= 0.6 is 15.9 Å². The van der Waals surface area contributed by atoms with Crippen LogP contribution in [0, 0.1) is 20.2 Å². The molecular formula is C8H7BrN2O4. The van der Waals surface area contributed by atoms with E-state index in [0.29, 0.717) is 15.6 Å². The zero-order chi connectivity index (χ0) is 11.4. The van der Waals surface area contributed by atoms with Gasteiger partial charge in [0.1, 0.15) is 0 Å². The third-order valence-electron chi connectivity index (χ3n) is 1.73. The lowest BCUT2D eigenvalue weighted by molar-refractivity contribution is -0.497. The van der Waals surface area contributed by atoms with Crippen molar-refractivity contribution in [1.82, 2.24) is 0 Å². The number of nitrogens with zero attached hydrogens (tertiary/aromatic N) is 2. The average Bonchev–Trinajstić information content (AvgIpc) is 2.08. The fourth-order valence-corrected chi connectivity index (χ4v) is 1.66. The van der Waals surface area contributed by atoms with Crippen LogP contribution < -0.4 is 0 Å². The molecule has 0 N–H and O–H groups in total. The molecule has 0 atom stereocenters. The Morgan fingerprint density at radius 3 is 2.20 bits per heavy atom. The van der Waals surface area contributed by atoms with E-state index in [2.05, 4.69) is 15.9 Å². The molecule has 0 amide bonds. The lowest BCUT2D eigenvalue weighted by atomic mass is 10.1. The largest absolute Gasteiger partial charge is 0.264 e. The van der Waals surface area contributed by atoms with Crippen molar-refractivity contribution in [3.8, 4) is 0 Å². The number of hydrogen-bond acceptors (Lipinski definition) is 4. The molecule has 1 rings (SSSR count). The smallest absolute Gasteiger partial charge is 0.230 e. The minimum absolute atomic E-state index is 0.280. The molecule has 0 aliphatic heterocycles. The molecule has 7 heteroatoms. The van der Waals surface area contributed by atoms with E-state index >= 15 is 0 Å². The van der Waals surface area contributed by atoms with Crippen LogP contribution in [0.1, 0.15) is 11.1 Å². The Morgan fingerprint density at radius 2 is 1.73 bits per heavy atom. The summed E-state index contributed by atoms with van der Waals surface area (Å²) < 4.78 is 0.526. The van der Waals surface area contributed by atoms with E-state index in [9.17, 15) is 20.2 Å². The molecule has 0 bridgehead atoms. The maximum absolute atomic E-state index is 10.3. The quantitative estimate of drug-likeness (QED) is 0.621. The van der Waals surface area contributed by atoms with Crippen molar-refractivity contribution >= 4 is 15.9 Å². The molecule has 0 saturated heterocycles. The highest BCUT2D eigenvalue weighted by atomic mass is 79.9. The van der Waals surface area contributed by atoms with Gasteiger partial charge in [0, 0.05) is 25.4 Å². The third kappa shape index (κ3) is 3.62. The van der Waals surface area contributed by atoms with Crippen molar-refractivity contribution in [3.05, 3.63) is 54.0 Å². The Balaban J connectivity index is 2.87. The first-order valence-corrected chi connectivity index (χ1v) is 4.79. The predicted molar refractivity (Wildman–Crippen MR) is 55.5 cm³/mol. The molecule has 0 saturated carbocycles. The molecule has 0 spiro atoms. The molecule has 1 aromatic rings. The fourth-order valence-electron chi connectivity index (χ4n) is 1.11. The van der Waals surface area contributed by atoms with Gasteiger partial charge >= 0.3 is 0 Å². The molecule has 15 heavy (non-hydrogen) atoms. The normalized spacial score (nSPS) is 9.93. The summed E-state index contributed by atoms with van der Waals surface area (Å²) in [7, 11) is 0. The third-order valence-corrected chi connectivity index (χ3v) is 2.47. The van der Waals surface area contributed by atoms with Gasteiger partial charge in [0.25, 0.3) is 0 Å². The number of nitro groups is 2. The lowest BCUT2D eigenvalue weighted by Crippen LogP contribution is -2.02. The minimum Gasteiger partial charge on any atom is -0.264 e. The van der Waals surface area contributed by atoms with Crippen LogP contribution in [-0.4, -0.2) is 9.85 Å². The van der Waals surface area contributed by atoms with E-state index in [1.165, 1.54) is 18.2 Å². The number of rotatable bonds is 4. The van der Waals surface area contributed by atoms with E-state index in [0.717, 1.165) is 0 Å². The van der Waals surface area contributed by atoms with Crippen molar-refractivity contribution in [2.45, 2.75) is 13.1 Å². The first-order chi connectivity index (χ1) is 6.99. The molecule has 0 radical (unpaired) electrons. The van der Waals surface area contributed by atoms with Gasteiger partial charge in [0.05, 0.1) is 0 Å². The van der Waals surface area contributed by atoms with Gasteiger partial charge in [-0.25, -0.2) is 0 Å². The van der Waals surface area contributed by atoms with Gasteiger partial charge in [-0.15, -0.1) is 0 Å². The summed E-state index contributed by atoms with van der Waals surface area (Å²) in [6.45, 7) is -0.573. The molecule has 0 aromatic heterocycles. The van der Waals surface area contributed by atoms with E-state index in [4.69, 9.17) is 0 Å². The van der Waals surface area contributed by atoms with E-state index in [1.54, 1.807) is 0 Å². The monoisotopic (exact) mass is 274 g/mol. The van der Waals surface area contributed by atoms with Gasteiger partial charge in [-0.05, 0) is 6.07 Å². The summed E-state index contributed by atoms with van der Waals surface area (Å²) in [6.07, 6.45) is 0. The van der Waals surface area contributed by atoms with E-state index in [1.807, 2.05) is 0 Å². The molecule has 0 aliphatic carbocycles. The Labute approximate surface area is 93.3 Å². The average molecular weight is 275 g/mol. The standard InChI is InChI=1S/C8H7BrN2O4/c9-8-3-6(4-10(12)13)1-2-7(8)5-11(14)15/h1-3H,4-5H2. The van der Waals surface area contributed by atoms with Crippen molar-refractivity contribution in [2.75, 3.05) is 0 Å². The molecule has 0 unspecified atom stereocenters. The van der Waals surface area contributed by atoms with Crippen LogP contribution in [0.3, 0.4) is 0 Å². The molecule has 1 aromatic carbocycles. The summed E-state index contributed by atoms with van der Waals surface area (Å²) in [5, 5.41) is 20.5. The van der Waals surface area contributed by atoms with Gasteiger partial charge in [0.2, 0.25) is 13.1 Å². The second kappa shape index (κ2) is 4.83. The van der Waals surface area contributed by atoms with Gasteiger partial charge in [-0.1, -0.05) is 28.1 Å². The molecular weight excluding hydrogens is 268 g/mol. The Hall–Kier alpha value is -1.50. The highest BCUT2D eigenvalue weighted by molar-refractivity contribution is 9.10. The second-order valence-corrected chi connectivity index (χ2v) is 3.76. The SMILES string of the molecule is O=[N+]([O-])Cc1ccc(C[N+](=O)[O-])c(Br)c1. The number of hydrogen-bond donors (Lipinski definition) is 0. The summed E-state index contributed by atoms with van der Waals surface area (Å²) in [6, 6.07) is 4.57. The van der Waals surface area contributed by atoms with Crippen molar-refractivity contribution in [2.24, 2.45) is 0 Å². The maximum Gasteiger partial charge on any atom is 0.230 e. The van der Waals surface area contributed by atoms with E-state index < -0.39 is 9.85 Å². The topological polar surface area (TPSA) is 86.3 Å². The number of halogens is 1. The highest BCUT2D eigenvalue weighted by Crippen LogP contribution is 2.19. The summed E-state index contributed by atoms with van der Waals surface area (Å²) in [5.41, 5.74) is 1.02. The Morgan fingerprint density at radius 1 is 1.13 bits per heavy atom. The molecule has 6 nitrogen and oxygen atoms in total. The highest BCUT2D eigenvalue weighted by Gasteiger charge is 2.09. The van der Waals surface area contributed by atoms with Crippen LogP contribution in [-0.2, 0) is 13.1 Å². The van der Waals surface area contributed by atoms with E-state index in [-0.39, 0.29) is 13.1 Å². The van der Waals surface area contributed by atoms with Crippen molar-refractivity contribution in [1.29, 1.82) is 0 Å².